The number of aryl methyl sites for hydroxylation is 2. The number of aromatic carboxylic acids is 1. The lowest BCUT2D eigenvalue weighted by Gasteiger charge is -2.07. The lowest BCUT2D eigenvalue weighted by molar-refractivity contribution is 0.0694. The van der Waals surface area contributed by atoms with E-state index in [0.717, 1.165) is 11.1 Å². The molecule has 0 fully saturated rings. The number of hydrogen-bond donors (Lipinski definition) is 2. The number of nitrogens with one attached hydrogen (secondary N) is 1. The number of rotatable bonds is 4. The normalized spacial score (nSPS) is 10.2. The Kier molecular flexibility index (Phi) is 4.33. The summed E-state index contributed by atoms with van der Waals surface area (Å²) in [5, 5.41) is 11.7. The first kappa shape index (κ1) is 14.7. The van der Waals surface area contributed by atoms with Gasteiger partial charge in [-0.05, 0) is 31.5 Å². The molecule has 0 radical (unpaired) electrons. The van der Waals surface area contributed by atoms with E-state index in [0.29, 0.717) is 12.2 Å². The molecule has 2 aromatic rings. The van der Waals surface area contributed by atoms with Crippen LogP contribution in [0.2, 0.25) is 0 Å². The molecular weight excluding hydrogens is 268 g/mol. The quantitative estimate of drug-likeness (QED) is 0.903. The molecule has 0 atom stereocenters. The molecule has 108 valence electrons. The van der Waals surface area contributed by atoms with Gasteiger partial charge in [0.2, 0.25) is 0 Å². The van der Waals surface area contributed by atoms with E-state index in [2.05, 4.69) is 10.3 Å². The third-order valence-electron chi connectivity index (χ3n) is 3.08. The summed E-state index contributed by atoms with van der Waals surface area (Å²) < 4.78 is 0. The van der Waals surface area contributed by atoms with Crippen molar-refractivity contribution in [2.24, 2.45) is 0 Å². The van der Waals surface area contributed by atoms with Gasteiger partial charge in [-0.15, -0.1) is 0 Å². The Balaban J connectivity index is 2.07. The molecule has 21 heavy (non-hydrogen) atoms. The van der Waals surface area contributed by atoms with Gasteiger partial charge in [-0.1, -0.05) is 29.8 Å². The smallest absolute Gasteiger partial charge is 0.337 e. The maximum Gasteiger partial charge on any atom is 0.337 e. The van der Waals surface area contributed by atoms with Crippen molar-refractivity contribution in [1.29, 1.82) is 0 Å². The van der Waals surface area contributed by atoms with Crippen LogP contribution in [0.25, 0.3) is 0 Å². The van der Waals surface area contributed by atoms with Crippen molar-refractivity contribution < 1.29 is 14.7 Å². The fraction of sp³-hybridized carbons (Fsp3) is 0.188. The van der Waals surface area contributed by atoms with Crippen LogP contribution in [-0.4, -0.2) is 22.0 Å². The van der Waals surface area contributed by atoms with Gasteiger partial charge in [-0.3, -0.25) is 4.79 Å². The molecule has 2 N–H and O–H groups in total. The first-order valence-corrected chi connectivity index (χ1v) is 6.52. The zero-order valence-electron chi connectivity index (χ0n) is 11.9. The second-order valence-electron chi connectivity index (χ2n) is 4.81. The molecule has 2 rings (SSSR count). The van der Waals surface area contributed by atoms with Gasteiger partial charge >= 0.3 is 5.97 Å². The van der Waals surface area contributed by atoms with E-state index in [1.807, 2.05) is 31.2 Å². The van der Waals surface area contributed by atoms with Crippen LogP contribution in [0, 0.1) is 13.8 Å². The Morgan fingerprint density at radius 1 is 1.19 bits per heavy atom. The van der Waals surface area contributed by atoms with Gasteiger partial charge in [0, 0.05) is 6.54 Å². The van der Waals surface area contributed by atoms with Gasteiger partial charge in [0.25, 0.3) is 5.91 Å². The van der Waals surface area contributed by atoms with Crippen LogP contribution < -0.4 is 5.32 Å². The monoisotopic (exact) mass is 284 g/mol. The molecule has 0 bridgehead atoms. The standard InChI is InChI=1S/C16H16N2O3/c1-10-4-3-5-12(8-10)9-17-15(19)14-7-6-13(16(20)21)11(2)18-14/h3-8H,9H2,1-2H3,(H,17,19)(H,20,21). The minimum Gasteiger partial charge on any atom is -0.478 e. The summed E-state index contributed by atoms with van der Waals surface area (Å²) in [6.45, 7) is 3.96. The highest BCUT2D eigenvalue weighted by Gasteiger charge is 2.12. The highest BCUT2D eigenvalue weighted by Crippen LogP contribution is 2.08. The molecule has 0 aliphatic rings. The van der Waals surface area contributed by atoms with Crippen molar-refractivity contribution in [3.8, 4) is 0 Å². The number of pyridine rings is 1. The Morgan fingerprint density at radius 2 is 1.95 bits per heavy atom. The van der Waals surface area contributed by atoms with Gasteiger partial charge in [-0.25, -0.2) is 9.78 Å². The lowest BCUT2D eigenvalue weighted by atomic mass is 10.1. The van der Waals surface area contributed by atoms with Crippen molar-refractivity contribution in [3.63, 3.8) is 0 Å². The molecular formula is C16H16N2O3. The summed E-state index contributed by atoms with van der Waals surface area (Å²) >= 11 is 0. The van der Waals surface area contributed by atoms with Crippen molar-refractivity contribution >= 4 is 11.9 Å². The fourth-order valence-electron chi connectivity index (χ4n) is 2.01. The Morgan fingerprint density at radius 3 is 2.57 bits per heavy atom. The van der Waals surface area contributed by atoms with Crippen molar-refractivity contribution in [2.45, 2.75) is 20.4 Å². The highest BCUT2D eigenvalue weighted by molar-refractivity contribution is 5.94. The molecule has 1 heterocycles. The van der Waals surface area contributed by atoms with E-state index in [9.17, 15) is 9.59 Å². The molecule has 0 aliphatic carbocycles. The van der Waals surface area contributed by atoms with Crippen LogP contribution in [-0.2, 0) is 6.54 Å². The van der Waals surface area contributed by atoms with E-state index in [4.69, 9.17) is 5.11 Å². The Hall–Kier alpha value is -2.69. The molecule has 0 saturated carbocycles. The summed E-state index contributed by atoms with van der Waals surface area (Å²) in [6.07, 6.45) is 0. The SMILES string of the molecule is Cc1cccc(CNC(=O)c2ccc(C(=O)O)c(C)n2)c1. The number of carboxylic acid groups (broad SMARTS) is 1. The minimum atomic E-state index is -1.05. The number of carbonyl (C=O) groups is 2. The van der Waals surface area contributed by atoms with Crippen LogP contribution in [0.5, 0.6) is 0 Å². The van der Waals surface area contributed by atoms with Crippen LogP contribution in [0.3, 0.4) is 0 Å². The number of nitrogens with zero attached hydrogens (tertiary/aromatic N) is 1. The largest absolute Gasteiger partial charge is 0.478 e. The van der Waals surface area contributed by atoms with Crippen LogP contribution in [0.4, 0.5) is 0 Å². The summed E-state index contributed by atoms with van der Waals surface area (Å²) in [4.78, 5) is 27.0. The number of benzene rings is 1. The van der Waals surface area contributed by atoms with Crippen LogP contribution in [0.15, 0.2) is 36.4 Å². The topological polar surface area (TPSA) is 79.3 Å². The average molecular weight is 284 g/mol. The fourth-order valence-corrected chi connectivity index (χ4v) is 2.01. The molecule has 5 nitrogen and oxygen atoms in total. The molecule has 0 aliphatic heterocycles. The van der Waals surface area contributed by atoms with Crippen LogP contribution >= 0.6 is 0 Å². The maximum absolute atomic E-state index is 12.0. The average Bonchev–Trinajstić information content (AvgIpc) is 2.44. The summed E-state index contributed by atoms with van der Waals surface area (Å²) in [7, 11) is 0. The maximum atomic E-state index is 12.0. The van der Waals surface area contributed by atoms with Gasteiger partial charge < -0.3 is 10.4 Å². The summed E-state index contributed by atoms with van der Waals surface area (Å²) in [6, 6.07) is 10.7. The predicted molar refractivity (Wildman–Crippen MR) is 78.3 cm³/mol. The first-order valence-electron chi connectivity index (χ1n) is 6.52. The van der Waals surface area contributed by atoms with E-state index >= 15 is 0 Å². The molecule has 0 unspecified atom stereocenters. The summed E-state index contributed by atoms with van der Waals surface area (Å²) in [5.41, 5.74) is 2.77. The Bertz CT molecular complexity index is 696. The molecule has 0 saturated heterocycles. The third-order valence-corrected chi connectivity index (χ3v) is 3.08. The van der Waals surface area contributed by atoms with E-state index in [-0.39, 0.29) is 17.2 Å². The number of carboxylic acids is 1. The number of carbonyl (C=O) groups excluding carboxylic acids is 1. The van der Waals surface area contributed by atoms with Gasteiger partial charge in [0.1, 0.15) is 5.69 Å². The molecule has 0 spiro atoms. The number of hydrogen-bond acceptors (Lipinski definition) is 3. The van der Waals surface area contributed by atoms with Crippen LogP contribution in [0.1, 0.15) is 37.7 Å². The zero-order chi connectivity index (χ0) is 15.4. The first-order chi connectivity index (χ1) is 9.97. The number of amides is 1. The second kappa shape index (κ2) is 6.17. The van der Waals surface area contributed by atoms with Gasteiger partial charge in [-0.2, -0.15) is 0 Å². The van der Waals surface area contributed by atoms with Gasteiger partial charge in [0.05, 0.1) is 11.3 Å². The van der Waals surface area contributed by atoms with E-state index in [1.165, 1.54) is 12.1 Å². The van der Waals surface area contributed by atoms with E-state index in [1.54, 1.807) is 6.92 Å². The van der Waals surface area contributed by atoms with Crippen molar-refractivity contribution in [2.75, 3.05) is 0 Å². The highest BCUT2D eigenvalue weighted by atomic mass is 16.4. The predicted octanol–water partition coefficient (Wildman–Crippen LogP) is 2.33. The molecule has 1 aromatic heterocycles. The van der Waals surface area contributed by atoms with Crippen molar-refractivity contribution in [3.05, 3.63) is 64.5 Å². The summed E-state index contributed by atoms with van der Waals surface area (Å²) in [5.74, 6) is -1.37. The molecule has 1 aromatic carbocycles. The molecule has 1 amide bonds. The molecule has 5 heteroatoms. The Labute approximate surface area is 122 Å². The second-order valence-corrected chi connectivity index (χ2v) is 4.81. The van der Waals surface area contributed by atoms with E-state index < -0.39 is 5.97 Å². The third kappa shape index (κ3) is 3.66. The zero-order valence-corrected chi connectivity index (χ0v) is 11.9. The number of aromatic nitrogens is 1. The minimum absolute atomic E-state index is 0.102. The van der Waals surface area contributed by atoms with Gasteiger partial charge in [0.15, 0.2) is 0 Å². The van der Waals surface area contributed by atoms with Crippen molar-refractivity contribution in [1.82, 2.24) is 10.3 Å². The lowest BCUT2D eigenvalue weighted by Crippen LogP contribution is -2.24.